The van der Waals surface area contributed by atoms with Crippen molar-refractivity contribution in [1.82, 2.24) is 16.0 Å². The molecule has 1 aliphatic heterocycles. The number of ether oxygens (including phenoxy) is 1. The Bertz CT molecular complexity index is 1160. The molecule has 3 amide bonds. The van der Waals surface area contributed by atoms with Crippen LogP contribution >= 0.6 is 11.3 Å². The van der Waals surface area contributed by atoms with Crippen LogP contribution in [0.25, 0.3) is 10.1 Å². The number of carbonyl (C=O) groups excluding carboxylic acids is 4. The summed E-state index contributed by atoms with van der Waals surface area (Å²) in [7, 11) is 0. The molecule has 0 unspecified atom stereocenters. The highest BCUT2D eigenvalue weighted by Gasteiger charge is 2.35. The van der Waals surface area contributed by atoms with Gasteiger partial charge >= 0.3 is 5.97 Å². The Kier molecular flexibility index (Phi) is 13.3. The Labute approximate surface area is 254 Å². The Hall–Kier alpha value is -2.94. The largest absolute Gasteiger partial charge is 0.460 e. The first kappa shape index (κ1) is 33.6. The van der Waals surface area contributed by atoms with Crippen LogP contribution in [0.1, 0.15) is 97.3 Å². The molecule has 9 heteroatoms. The highest BCUT2D eigenvalue weighted by Crippen LogP contribution is 2.27. The standard InChI is InChI=1S/C33H49N3O5S/c1-6-8-9-10-11-12-15-22(4)27-20-29(37)35-26(19-25-18-24-16-13-14-17-28(24)42-25)32(39)34-23(5)31(38)36-30(21(3)7-2)33(40)41-27/h13-14,16-18,21-23,26-27,30H,6-12,15,19-20H2,1-5H3,(H,34,39)(H,35,37)(H,36,38)/t21-,22-,23-,26-,27-,30+/m0/s1. The van der Waals surface area contributed by atoms with Gasteiger partial charge in [0.1, 0.15) is 24.2 Å². The van der Waals surface area contributed by atoms with E-state index in [1.807, 2.05) is 51.1 Å². The zero-order valence-corrected chi connectivity index (χ0v) is 26.7. The van der Waals surface area contributed by atoms with Crippen LogP contribution in [-0.2, 0) is 30.3 Å². The highest BCUT2D eigenvalue weighted by atomic mass is 32.1. The number of thiophene rings is 1. The number of rotatable bonds is 12. The Balaban J connectivity index is 1.83. The smallest absolute Gasteiger partial charge is 0.329 e. The lowest BCUT2D eigenvalue weighted by molar-refractivity contribution is -0.158. The first-order valence-corrected chi connectivity index (χ1v) is 16.5. The molecule has 42 heavy (non-hydrogen) atoms. The van der Waals surface area contributed by atoms with Crippen molar-refractivity contribution in [3.05, 3.63) is 35.2 Å². The summed E-state index contributed by atoms with van der Waals surface area (Å²) in [5.74, 6) is -2.03. The molecule has 3 N–H and O–H groups in total. The van der Waals surface area contributed by atoms with E-state index in [0.29, 0.717) is 12.8 Å². The molecule has 1 aromatic heterocycles. The third-order valence-corrected chi connectivity index (χ3v) is 9.49. The summed E-state index contributed by atoms with van der Waals surface area (Å²) in [6.45, 7) is 9.61. The molecule has 0 saturated carbocycles. The summed E-state index contributed by atoms with van der Waals surface area (Å²) < 4.78 is 7.11. The molecule has 0 bridgehead atoms. The summed E-state index contributed by atoms with van der Waals surface area (Å²) in [5, 5.41) is 9.55. The van der Waals surface area contributed by atoms with Crippen molar-refractivity contribution in [3.8, 4) is 0 Å². The summed E-state index contributed by atoms with van der Waals surface area (Å²) >= 11 is 1.58. The fourth-order valence-electron chi connectivity index (χ4n) is 5.32. The summed E-state index contributed by atoms with van der Waals surface area (Å²) in [5.41, 5.74) is 0. The van der Waals surface area contributed by atoms with Crippen LogP contribution in [0, 0.1) is 11.8 Å². The Morgan fingerprint density at radius 1 is 0.905 bits per heavy atom. The topological polar surface area (TPSA) is 114 Å². The number of unbranched alkanes of at least 4 members (excludes halogenated alkanes) is 5. The second kappa shape index (κ2) is 16.6. The molecular weight excluding hydrogens is 550 g/mol. The minimum absolute atomic E-state index is 0.0460. The Morgan fingerprint density at radius 2 is 1.62 bits per heavy atom. The van der Waals surface area contributed by atoms with Gasteiger partial charge in [-0.1, -0.05) is 90.8 Å². The molecule has 1 aliphatic rings. The highest BCUT2D eigenvalue weighted by molar-refractivity contribution is 7.19. The van der Waals surface area contributed by atoms with E-state index in [1.165, 1.54) is 25.7 Å². The number of hydrogen-bond donors (Lipinski definition) is 3. The lowest BCUT2D eigenvalue weighted by Gasteiger charge is -2.29. The quantitative estimate of drug-likeness (QED) is 0.215. The zero-order chi connectivity index (χ0) is 30.6. The van der Waals surface area contributed by atoms with Gasteiger partial charge in [0, 0.05) is 16.0 Å². The van der Waals surface area contributed by atoms with Crippen molar-refractivity contribution in [2.24, 2.45) is 11.8 Å². The monoisotopic (exact) mass is 599 g/mol. The molecule has 232 valence electrons. The van der Waals surface area contributed by atoms with Crippen LogP contribution in [0.15, 0.2) is 30.3 Å². The van der Waals surface area contributed by atoms with Crippen molar-refractivity contribution in [2.45, 2.75) is 123 Å². The zero-order valence-electron chi connectivity index (χ0n) is 25.9. The molecule has 3 rings (SSSR count). The lowest BCUT2D eigenvalue weighted by atomic mass is 9.93. The Morgan fingerprint density at radius 3 is 2.33 bits per heavy atom. The molecule has 2 heterocycles. The molecule has 1 saturated heterocycles. The van der Waals surface area contributed by atoms with Crippen molar-refractivity contribution < 1.29 is 23.9 Å². The summed E-state index contributed by atoms with van der Waals surface area (Å²) in [6.07, 6.45) is 7.93. The van der Waals surface area contributed by atoms with E-state index >= 15 is 0 Å². The fraction of sp³-hybridized carbons (Fsp3) is 0.636. The molecule has 2 aromatic rings. The normalized spacial score (nSPS) is 23.9. The van der Waals surface area contributed by atoms with Gasteiger partial charge in [-0.2, -0.15) is 0 Å². The second-order valence-electron chi connectivity index (χ2n) is 11.9. The van der Waals surface area contributed by atoms with Gasteiger partial charge in [-0.25, -0.2) is 4.79 Å². The van der Waals surface area contributed by atoms with Crippen molar-refractivity contribution in [2.75, 3.05) is 0 Å². The maximum Gasteiger partial charge on any atom is 0.329 e. The number of hydrogen-bond acceptors (Lipinski definition) is 6. The molecule has 0 spiro atoms. The molecule has 8 nitrogen and oxygen atoms in total. The third-order valence-electron chi connectivity index (χ3n) is 8.35. The number of nitrogens with one attached hydrogen (secondary N) is 3. The number of benzene rings is 1. The van der Waals surface area contributed by atoms with Gasteiger partial charge in [0.25, 0.3) is 0 Å². The fourth-order valence-corrected chi connectivity index (χ4v) is 6.43. The maximum absolute atomic E-state index is 13.4. The molecule has 0 radical (unpaired) electrons. The van der Waals surface area contributed by atoms with Gasteiger partial charge in [-0.05, 0) is 42.7 Å². The maximum atomic E-state index is 13.4. The van der Waals surface area contributed by atoms with Gasteiger partial charge in [-0.3, -0.25) is 14.4 Å². The molecule has 1 aromatic carbocycles. The summed E-state index contributed by atoms with van der Waals surface area (Å²) in [6, 6.07) is 7.35. The van der Waals surface area contributed by atoms with Crippen molar-refractivity contribution in [3.63, 3.8) is 0 Å². The average molecular weight is 600 g/mol. The second-order valence-corrected chi connectivity index (χ2v) is 13.1. The van der Waals surface area contributed by atoms with Crippen LogP contribution in [0.4, 0.5) is 0 Å². The summed E-state index contributed by atoms with van der Waals surface area (Å²) in [4.78, 5) is 54.4. The van der Waals surface area contributed by atoms with E-state index in [0.717, 1.165) is 34.2 Å². The number of esters is 1. The molecule has 1 fully saturated rings. The van der Waals surface area contributed by atoms with Crippen LogP contribution in [0.3, 0.4) is 0 Å². The van der Waals surface area contributed by atoms with Gasteiger partial charge in [0.05, 0.1) is 6.42 Å². The van der Waals surface area contributed by atoms with E-state index in [1.54, 1.807) is 18.3 Å². The lowest BCUT2D eigenvalue weighted by Crippen LogP contribution is -2.55. The van der Waals surface area contributed by atoms with Crippen molar-refractivity contribution in [1.29, 1.82) is 0 Å². The van der Waals surface area contributed by atoms with Crippen molar-refractivity contribution >= 4 is 45.1 Å². The predicted molar refractivity (Wildman–Crippen MR) is 168 cm³/mol. The van der Waals surface area contributed by atoms with Gasteiger partial charge in [0.15, 0.2) is 0 Å². The molecular formula is C33H49N3O5S. The number of carbonyl (C=O) groups is 4. The first-order chi connectivity index (χ1) is 20.1. The van der Waals surface area contributed by atoms with Gasteiger partial charge < -0.3 is 20.7 Å². The SMILES string of the molecule is CCCCCCCC[C@H](C)[C@@H]1CC(=O)N[C@@H](Cc2cc3ccccc3s2)C(=O)N[C@@H](C)C(=O)N[C@H]([C@@H](C)CC)C(=O)O1. The number of amides is 3. The van der Waals surface area contributed by atoms with E-state index in [9.17, 15) is 19.2 Å². The van der Waals surface area contributed by atoms with E-state index in [-0.39, 0.29) is 24.2 Å². The van der Waals surface area contributed by atoms with Crippen LogP contribution in [-0.4, -0.2) is 47.9 Å². The number of fused-ring (bicyclic) bond motifs is 1. The van der Waals surface area contributed by atoms with Crippen LogP contribution < -0.4 is 16.0 Å². The van der Waals surface area contributed by atoms with E-state index in [2.05, 4.69) is 22.9 Å². The minimum Gasteiger partial charge on any atom is -0.460 e. The van der Waals surface area contributed by atoms with Gasteiger partial charge in [0.2, 0.25) is 17.7 Å². The van der Waals surface area contributed by atoms with Crippen LogP contribution in [0.2, 0.25) is 0 Å². The van der Waals surface area contributed by atoms with Crippen LogP contribution in [0.5, 0.6) is 0 Å². The predicted octanol–water partition coefficient (Wildman–Crippen LogP) is 5.67. The van der Waals surface area contributed by atoms with E-state index < -0.39 is 42.0 Å². The third kappa shape index (κ3) is 9.82. The molecule has 6 atom stereocenters. The van der Waals surface area contributed by atoms with Gasteiger partial charge in [-0.15, -0.1) is 11.3 Å². The average Bonchev–Trinajstić information content (AvgIpc) is 3.38. The minimum atomic E-state index is -0.901. The number of cyclic esters (lactones) is 1. The molecule has 0 aliphatic carbocycles. The first-order valence-electron chi connectivity index (χ1n) is 15.7. The van der Waals surface area contributed by atoms with E-state index in [4.69, 9.17) is 4.74 Å².